The van der Waals surface area contributed by atoms with E-state index in [0.29, 0.717) is 16.1 Å². The Kier molecular flexibility index (Phi) is 3.58. The number of halogens is 1. The van der Waals surface area contributed by atoms with Gasteiger partial charge in [-0.05, 0) is 12.1 Å². The lowest BCUT2D eigenvalue weighted by atomic mass is 9.98. The number of rotatable bonds is 2. The van der Waals surface area contributed by atoms with Gasteiger partial charge in [-0.2, -0.15) is 5.26 Å². The van der Waals surface area contributed by atoms with Crippen molar-refractivity contribution >= 4 is 23.1 Å². The number of aliphatic hydroxyl groups is 1. The van der Waals surface area contributed by atoms with Crippen LogP contribution in [-0.4, -0.2) is 11.1 Å². The minimum absolute atomic E-state index is 0.00192. The molecule has 0 fully saturated rings. The SMILES string of the molecule is N#Cc1cc(Cl)ccc1C1=C(O)C(c2ccccc2)OC1=O. The Hall–Kier alpha value is -2.77. The molecule has 22 heavy (non-hydrogen) atoms. The third-order valence-electron chi connectivity index (χ3n) is 3.41. The molecule has 0 saturated carbocycles. The lowest BCUT2D eigenvalue weighted by Gasteiger charge is -2.09. The molecule has 2 aromatic rings. The van der Waals surface area contributed by atoms with Crippen molar-refractivity contribution in [2.75, 3.05) is 0 Å². The van der Waals surface area contributed by atoms with E-state index >= 15 is 0 Å². The van der Waals surface area contributed by atoms with Crippen LogP contribution in [0.4, 0.5) is 0 Å². The van der Waals surface area contributed by atoms with Crippen molar-refractivity contribution in [3.8, 4) is 6.07 Å². The van der Waals surface area contributed by atoms with Gasteiger partial charge >= 0.3 is 5.97 Å². The summed E-state index contributed by atoms with van der Waals surface area (Å²) in [5.74, 6) is -0.861. The van der Waals surface area contributed by atoms with Crippen molar-refractivity contribution in [1.29, 1.82) is 5.26 Å². The first-order chi connectivity index (χ1) is 10.6. The summed E-state index contributed by atoms with van der Waals surface area (Å²) in [6.07, 6.45) is -0.856. The van der Waals surface area contributed by atoms with Crippen molar-refractivity contribution in [2.24, 2.45) is 0 Å². The van der Waals surface area contributed by atoms with Gasteiger partial charge in [0.15, 0.2) is 11.9 Å². The second-order valence-electron chi connectivity index (χ2n) is 4.76. The van der Waals surface area contributed by atoms with Gasteiger partial charge < -0.3 is 9.84 Å². The van der Waals surface area contributed by atoms with Crippen molar-refractivity contribution in [2.45, 2.75) is 6.10 Å². The Morgan fingerprint density at radius 2 is 1.91 bits per heavy atom. The highest BCUT2D eigenvalue weighted by Gasteiger charge is 2.37. The second-order valence-corrected chi connectivity index (χ2v) is 5.19. The topological polar surface area (TPSA) is 70.3 Å². The van der Waals surface area contributed by atoms with Crippen LogP contribution in [0.3, 0.4) is 0 Å². The van der Waals surface area contributed by atoms with Gasteiger partial charge in [-0.25, -0.2) is 4.79 Å². The molecule has 3 rings (SSSR count). The average molecular weight is 312 g/mol. The number of carbonyl (C=O) groups excluding carboxylic acids is 1. The van der Waals surface area contributed by atoms with E-state index in [0.717, 1.165) is 0 Å². The van der Waals surface area contributed by atoms with E-state index in [2.05, 4.69) is 0 Å². The fourth-order valence-corrected chi connectivity index (χ4v) is 2.56. The number of esters is 1. The van der Waals surface area contributed by atoms with Gasteiger partial charge in [-0.1, -0.05) is 48.0 Å². The number of hydrogen-bond donors (Lipinski definition) is 1. The largest absolute Gasteiger partial charge is 0.507 e. The van der Waals surface area contributed by atoms with Gasteiger partial charge in [0, 0.05) is 16.1 Å². The van der Waals surface area contributed by atoms with Gasteiger partial charge in [0.2, 0.25) is 0 Å². The quantitative estimate of drug-likeness (QED) is 0.857. The summed E-state index contributed by atoms with van der Waals surface area (Å²) in [5.41, 5.74) is 1.19. The Morgan fingerprint density at radius 3 is 2.59 bits per heavy atom. The first kappa shape index (κ1) is 14.2. The molecule has 0 bridgehead atoms. The molecule has 108 valence electrons. The molecule has 0 spiro atoms. The zero-order valence-corrected chi connectivity index (χ0v) is 12.0. The van der Waals surface area contributed by atoms with E-state index in [1.54, 1.807) is 30.3 Å². The van der Waals surface area contributed by atoms with E-state index in [-0.39, 0.29) is 16.9 Å². The summed E-state index contributed by atoms with van der Waals surface area (Å²) >= 11 is 5.85. The lowest BCUT2D eigenvalue weighted by Crippen LogP contribution is -2.03. The van der Waals surface area contributed by atoms with Crippen molar-refractivity contribution in [1.82, 2.24) is 0 Å². The number of aliphatic hydroxyl groups excluding tert-OH is 1. The average Bonchev–Trinajstić information content (AvgIpc) is 2.83. The Balaban J connectivity index is 2.12. The van der Waals surface area contributed by atoms with Crippen LogP contribution in [0.5, 0.6) is 0 Å². The van der Waals surface area contributed by atoms with E-state index in [1.165, 1.54) is 12.1 Å². The maximum atomic E-state index is 12.1. The molecule has 2 aromatic carbocycles. The van der Waals surface area contributed by atoms with Crippen LogP contribution in [0.1, 0.15) is 22.8 Å². The number of carbonyl (C=O) groups is 1. The molecule has 1 N–H and O–H groups in total. The summed E-state index contributed by atoms with van der Waals surface area (Å²) in [6.45, 7) is 0. The molecule has 0 aromatic heterocycles. The fraction of sp³-hybridized carbons (Fsp3) is 0.0588. The van der Waals surface area contributed by atoms with E-state index in [4.69, 9.17) is 16.3 Å². The second kappa shape index (κ2) is 5.55. The number of ether oxygens (including phenoxy) is 1. The van der Waals surface area contributed by atoms with Gasteiger partial charge in [-0.3, -0.25) is 0 Å². The molecule has 0 radical (unpaired) electrons. The van der Waals surface area contributed by atoms with E-state index in [1.807, 2.05) is 12.1 Å². The molecule has 0 aliphatic carbocycles. The summed E-state index contributed by atoms with van der Waals surface area (Å²) in [7, 11) is 0. The highest BCUT2D eigenvalue weighted by molar-refractivity contribution is 6.31. The summed E-state index contributed by atoms with van der Waals surface area (Å²) in [4.78, 5) is 12.1. The molecule has 0 saturated heterocycles. The highest BCUT2D eigenvalue weighted by Crippen LogP contribution is 2.39. The first-order valence-corrected chi connectivity index (χ1v) is 6.88. The third kappa shape index (κ3) is 2.32. The predicted molar refractivity (Wildman–Crippen MR) is 81.0 cm³/mol. The van der Waals surface area contributed by atoms with Crippen molar-refractivity contribution < 1.29 is 14.6 Å². The molecule has 4 nitrogen and oxygen atoms in total. The van der Waals surface area contributed by atoms with Gasteiger partial charge in [0.25, 0.3) is 0 Å². The minimum Gasteiger partial charge on any atom is -0.507 e. The molecular weight excluding hydrogens is 302 g/mol. The van der Waals surface area contributed by atoms with Crippen LogP contribution in [0, 0.1) is 11.3 Å². The van der Waals surface area contributed by atoms with Crippen molar-refractivity contribution in [3.63, 3.8) is 0 Å². The Morgan fingerprint density at radius 1 is 1.18 bits per heavy atom. The maximum absolute atomic E-state index is 12.1. The molecular formula is C17H10ClNO3. The smallest absolute Gasteiger partial charge is 0.343 e. The van der Waals surface area contributed by atoms with Crippen LogP contribution < -0.4 is 0 Å². The number of cyclic esters (lactones) is 1. The molecule has 1 aliphatic rings. The number of hydrogen-bond acceptors (Lipinski definition) is 4. The van der Waals surface area contributed by atoms with Crippen LogP contribution >= 0.6 is 11.6 Å². The predicted octanol–water partition coefficient (Wildman–Crippen LogP) is 3.78. The Bertz CT molecular complexity index is 822. The third-order valence-corrected chi connectivity index (χ3v) is 3.64. The molecule has 5 heteroatoms. The maximum Gasteiger partial charge on any atom is 0.343 e. The number of nitrogens with zero attached hydrogens (tertiary/aromatic N) is 1. The zero-order valence-electron chi connectivity index (χ0n) is 11.3. The molecule has 1 heterocycles. The molecule has 1 atom stereocenters. The van der Waals surface area contributed by atoms with E-state index in [9.17, 15) is 15.2 Å². The lowest BCUT2D eigenvalue weighted by molar-refractivity contribution is -0.138. The van der Waals surface area contributed by atoms with Gasteiger partial charge in [0.1, 0.15) is 5.57 Å². The van der Waals surface area contributed by atoms with E-state index < -0.39 is 12.1 Å². The van der Waals surface area contributed by atoms with Gasteiger partial charge in [0.05, 0.1) is 11.6 Å². The van der Waals surface area contributed by atoms with Crippen LogP contribution in [0.25, 0.3) is 5.57 Å². The number of nitriles is 1. The summed E-state index contributed by atoms with van der Waals surface area (Å²) in [6, 6.07) is 15.4. The summed E-state index contributed by atoms with van der Waals surface area (Å²) < 4.78 is 5.25. The molecule has 1 aliphatic heterocycles. The van der Waals surface area contributed by atoms with Crippen LogP contribution in [0.15, 0.2) is 54.3 Å². The fourth-order valence-electron chi connectivity index (χ4n) is 2.39. The molecule has 1 unspecified atom stereocenters. The normalized spacial score (nSPS) is 17.3. The standard InChI is InChI=1S/C17H10ClNO3/c18-12-6-7-13(11(8-12)9-19)14-15(20)16(22-17(14)21)10-4-2-1-3-5-10/h1-8,16,20H. The van der Waals surface area contributed by atoms with Crippen LogP contribution in [-0.2, 0) is 9.53 Å². The van der Waals surface area contributed by atoms with Crippen LogP contribution in [0.2, 0.25) is 5.02 Å². The summed E-state index contributed by atoms with van der Waals surface area (Å²) in [5, 5.41) is 20.0. The number of benzene rings is 2. The van der Waals surface area contributed by atoms with Gasteiger partial charge in [-0.15, -0.1) is 0 Å². The molecule has 0 amide bonds. The first-order valence-electron chi connectivity index (χ1n) is 6.51. The highest BCUT2D eigenvalue weighted by atomic mass is 35.5. The van der Waals surface area contributed by atoms with Crippen molar-refractivity contribution in [3.05, 3.63) is 76.0 Å². The minimum atomic E-state index is -0.856. The zero-order chi connectivity index (χ0) is 15.7. The monoisotopic (exact) mass is 311 g/mol. The Labute approximate surface area is 131 Å².